The van der Waals surface area contributed by atoms with Crippen molar-refractivity contribution in [1.82, 2.24) is 0 Å². The van der Waals surface area contributed by atoms with Gasteiger partial charge in [0.2, 0.25) is 0 Å². The predicted octanol–water partition coefficient (Wildman–Crippen LogP) is 3.67. The van der Waals surface area contributed by atoms with Crippen molar-refractivity contribution in [2.45, 2.75) is 38.8 Å². The molecule has 1 aliphatic carbocycles. The van der Waals surface area contributed by atoms with Crippen LogP contribution in [0.4, 0.5) is 11.4 Å². The molecule has 0 bridgehead atoms. The highest BCUT2D eigenvalue weighted by molar-refractivity contribution is 5.74. The average molecular weight is 424 g/mol. The van der Waals surface area contributed by atoms with E-state index in [-0.39, 0.29) is 6.61 Å². The molecule has 166 valence electrons. The van der Waals surface area contributed by atoms with E-state index in [9.17, 15) is 0 Å². The van der Waals surface area contributed by atoms with Crippen LogP contribution in [0.25, 0.3) is 5.57 Å². The molecule has 0 heterocycles. The van der Waals surface area contributed by atoms with Gasteiger partial charge in [0.05, 0.1) is 6.61 Å². The maximum absolute atomic E-state index is 9.15. The lowest BCUT2D eigenvalue weighted by Crippen LogP contribution is -2.24. The fourth-order valence-electron chi connectivity index (χ4n) is 3.38. The molecule has 1 aliphatic rings. The van der Waals surface area contributed by atoms with Crippen LogP contribution in [0.15, 0.2) is 49.1 Å². The number of nitrogen functional groups attached to an aromatic ring is 2. The van der Waals surface area contributed by atoms with E-state index in [1.54, 1.807) is 6.08 Å². The quantitative estimate of drug-likeness (QED) is 0.249. The Hall–Kier alpha value is -2.96. The van der Waals surface area contributed by atoms with Crippen molar-refractivity contribution >= 4 is 16.9 Å². The topological polar surface area (TPSA) is 117 Å². The van der Waals surface area contributed by atoms with Crippen LogP contribution in [-0.2, 0) is 12.8 Å². The van der Waals surface area contributed by atoms with Crippen LogP contribution in [0.3, 0.4) is 0 Å². The summed E-state index contributed by atoms with van der Waals surface area (Å²) in [6.45, 7) is 6.86. The second-order valence-corrected chi connectivity index (χ2v) is 8.03. The minimum Gasteiger partial charge on any atom is -0.489 e. The Balaban J connectivity index is 1.80. The predicted molar refractivity (Wildman–Crippen MR) is 127 cm³/mol. The first kappa shape index (κ1) is 22.7. The number of benzene rings is 2. The molecule has 31 heavy (non-hydrogen) atoms. The standard InChI is InChI=1S/C25H33N3O3/c1-3-4-25(28)31-23-8-7-19(14-24(23)30-15-17-5-6-17)16(2)11-20-21(26)12-18(9-10-29)13-22(20)27/h3-4,7-8,12-14,17,25,29H,2,5-6,9-11,15,26-28H2,1H3/b4-3+. The third-order valence-corrected chi connectivity index (χ3v) is 5.34. The molecule has 1 fully saturated rings. The molecular weight excluding hydrogens is 390 g/mol. The monoisotopic (exact) mass is 423 g/mol. The largest absolute Gasteiger partial charge is 0.489 e. The molecule has 1 saturated carbocycles. The molecule has 0 saturated heterocycles. The van der Waals surface area contributed by atoms with E-state index in [4.69, 9.17) is 31.8 Å². The SMILES string of the molecule is C=C(Cc1c(N)cc(CCO)cc1N)c1ccc(OC(N)/C=C/C)c(OCC2CC2)c1. The molecule has 0 aliphatic heterocycles. The van der Waals surface area contributed by atoms with Gasteiger partial charge in [-0.05, 0) is 79.1 Å². The third-order valence-electron chi connectivity index (χ3n) is 5.34. The van der Waals surface area contributed by atoms with E-state index in [2.05, 4.69) is 6.58 Å². The number of ether oxygens (including phenoxy) is 2. The Kier molecular flexibility index (Phi) is 7.60. The summed E-state index contributed by atoms with van der Waals surface area (Å²) in [5, 5.41) is 9.15. The zero-order chi connectivity index (χ0) is 22.4. The molecule has 0 aromatic heterocycles. The van der Waals surface area contributed by atoms with E-state index in [0.29, 0.717) is 48.2 Å². The second kappa shape index (κ2) is 10.4. The summed E-state index contributed by atoms with van der Waals surface area (Å²) < 4.78 is 11.9. The number of nitrogens with two attached hydrogens (primary N) is 3. The van der Waals surface area contributed by atoms with Crippen LogP contribution < -0.4 is 26.7 Å². The summed E-state index contributed by atoms with van der Waals surface area (Å²) in [7, 11) is 0. The van der Waals surface area contributed by atoms with Gasteiger partial charge in [0, 0.05) is 30.0 Å². The first-order valence-electron chi connectivity index (χ1n) is 10.7. The molecule has 0 amide bonds. The number of hydrogen-bond acceptors (Lipinski definition) is 6. The van der Waals surface area contributed by atoms with Crippen molar-refractivity contribution in [2.24, 2.45) is 11.7 Å². The maximum Gasteiger partial charge on any atom is 0.167 e. The zero-order valence-electron chi connectivity index (χ0n) is 18.1. The fourth-order valence-corrected chi connectivity index (χ4v) is 3.38. The summed E-state index contributed by atoms with van der Waals surface area (Å²) in [5.41, 5.74) is 23.2. The highest BCUT2D eigenvalue weighted by Crippen LogP contribution is 2.36. The lowest BCUT2D eigenvalue weighted by molar-refractivity contribution is 0.228. The van der Waals surface area contributed by atoms with E-state index >= 15 is 0 Å². The van der Waals surface area contributed by atoms with Gasteiger partial charge in [0.25, 0.3) is 0 Å². The van der Waals surface area contributed by atoms with Crippen LogP contribution in [0.5, 0.6) is 11.5 Å². The Morgan fingerprint density at radius 2 is 1.90 bits per heavy atom. The smallest absolute Gasteiger partial charge is 0.167 e. The Morgan fingerprint density at radius 3 is 2.52 bits per heavy atom. The number of hydrogen-bond donors (Lipinski definition) is 4. The molecule has 1 atom stereocenters. The summed E-state index contributed by atoms with van der Waals surface area (Å²) in [5.74, 6) is 1.88. The lowest BCUT2D eigenvalue weighted by Gasteiger charge is -2.18. The average Bonchev–Trinajstić information content (AvgIpc) is 3.55. The molecule has 6 nitrogen and oxygen atoms in total. The Labute approximate surface area is 184 Å². The molecule has 7 N–H and O–H groups in total. The number of allylic oxidation sites excluding steroid dienone is 2. The number of rotatable bonds is 11. The van der Waals surface area contributed by atoms with Gasteiger partial charge in [-0.2, -0.15) is 0 Å². The highest BCUT2D eigenvalue weighted by atomic mass is 16.5. The number of aliphatic hydroxyl groups excluding tert-OH is 1. The van der Waals surface area contributed by atoms with Gasteiger partial charge in [0.15, 0.2) is 17.7 Å². The van der Waals surface area contributed by atoms with Gasteiger partial charge in [0.1, 0.15) is 0 Å². The molecule has 1 unspecified atom stereocenters. The van der Waals surface area contributed by atoms with Gasteiger partial charge in [-0.15, -0.1) is 0 Å². The molecule has 2 aromatic rings. The number of aliphatic hydroxyl groups is 1. The summed E-state index contributed by atoms with van der Waals surface area (Å²) in [6, 6.07) is 9.46. The van der Waals surface area contributed by atoms with Crippen LogP contribution in [0, 0.1) is 5.92 Å². The summed E-state index contributed by atoms with van der Waals surface area (Å²) >= 11 is 0. The van der Waals surface area contributed by atoms with E-state index < -0.39 is 6.23 Å². The van der Waals surface area contributed by atoms with Crippen molar-refractivity contribution in [3.8, 4) is 11.5 Å². The van der Waals surface area contributed by atoms with E-state index in [1.807, 2.05) is 43.3 Å². The van der Waals surface area contributed by atoms with Crippen LogP contribution in [-0.4, -0.2) is 24.5 Å². The van der Waals surface area contributed by atoms with Crippen molar-refractivity contribution < 1.29 is 14.6 Å². The van der Waals surface area contributed by atoms with Gasteiger partial charge in [-0.3, -0.25) is 5.73 Å². The minimum absolute atomic E-state index is 0.0562. The van der Waals surface area contributed by atoms with Gasteiger partial charge in [-0.1, -0.05) is 18.7 Å². The van der Waals surface area contributed by atoms with E-state index in [0.717, 1.165) is 22.3 Å². The van der Waals surface area contributed by atoms with Crippen molar-refractivity contribution in [3.05, 3.63) is 65.8 Å². The normalized spacial score (nSPS) is 14.5. The summed E-state index contributed by atoms with van der Waals surface area (Å²) in [4.78, 5) is 0. The van der Waals surface area contributed by atoms with Crippen LogP contribution in [0.1, 0.15) is 36.5 Å². The first-order chi connectivity index (χ1) is 14.9. The third kappa shape index (κ3) is 6.26. The molecule has 0 spiro atoms. The van der Waals surface area contributed by atoms with Crippen LogP contribution in [0.2, 0.25) is 0 Å². The molecule has 3 rings (SSSR count). The lowest BCUT2D eigenvalue weighted by atomic mass is 9.95. The second-order valence-electron chi connectivity index (χ2n) is 8.03. The van der Waals surface area contributed by atoms with Crippen molar-refractivity contribution in [3.63, 3.8) is 0 Å². The maximum atomic E-state index is 9.15. The van der Waals surface area contributed by atoms with Crippen molar-refractivity contribution in [2.75, 3.05) is 24.7 Å². The van der Waals surface area contributed by atoms with Gasteiger partial charge in [-0.25, -0.2) is 0 Å². The highest BCUT2D eigenvalue weighted by Gasteiger charge is 2.23. The molecule has 0 radical (unpaired) electrons. The van der Waals surface area contributed by atoms with Crippen LogP contribution >= 0.6 is 0 Å². The fraction of sp³-hybridized carbons (Fsp3) is 0.360. The minimum atomic E-state index is -0.542. The van der Waals surface area contributed by atoms with Crippen molar-refractivity contribution in [1.29, 1.82) is 0 Å². The summed E-state index contributed by atoms with van der Waals surface area (Å²) in [6.07, 6.45) is 6.53. The van der Waals surface area contributed by atoms with Gasteiger partial charge < -0.3 is 26.0 Å². The molecular formula is C25H33N3O3. The van der Waals surface area contributed by atoms with Gasteiger partial charge >= 0.3 is 0 Å². The Morgan fingerprint density at radius 1 is 1.19 bits per heavy atom. The molecule has 6 heteroatoms. The first-order valence-corrected chi connectivity index (χ1v) is 10.7. The van der Waals surface area contributed by atoms with E-state index in [1.165, 1.54) is 12.8 Å². The number of anilines is 2. The zero-order valence-corrected chi connectivity index (χ0v) is 18.1. The molecule has 2 aromatic carbocycles. The Bertz CT molecular complexity index is 928.